The Morgan fingerprint density at radius 1 is 0.958 bits per heavy atom. The van der Waals surface area contributed by atoms with E-state index in [1.54, 1.807) is 0 Å². The summed E-state index contributed by atoms with van der Waals surface area (Å²) in [5, 5.41) is 0. The molecule has 2 aliphatic rings. The number of rotatable bonds is 3. The summed E-state index contributed by atoms with van der Waals surface area (Å²) in [4.78, 5) is 12.2. The Morgan fingerprint density at radius 2 is 1.71 bits per heavy atom. The predicted molar refractivity (Wildman–Crippen MR) is 98.0 cm³/mol. The van der Waals surface area contributed by atoms with Crippen LogP contribution >= 0.6 is 0 Å². The summed E-state index contributed by atoms with van der Waals surface area (Å²) in [6.07, 6.45) is 12.0. The highest BCUT2D eigenvalue weighted by Crippen LogP contribution is 2.32. The van der Waals surface area contributed by atoms with Crippen LogP contribution in [-0.2, 0) is 0 Å². The third-order valence-electron chi connectivity index (χ3n) is 5.86. The van der Waals surface area contributed by atoms with Gasteiger partial charge in [0.2, 0.25) is 0 Å². The van der Waals surface area contributed by atoms with Crippen LogP contribution in [-0.4, -0.2) is 34.0 Å². The Kier molecular flexibility index (Phi) is 4.61. The summed E-state index contributed by atoms with van der Waals surface area (Å²) < 4.78 is 0. The summed E-state index contributed by atoms with van der Waals surface area (Å²) in [5.41, 5.74) is 4.67. The van der Waals surface area contributed by atoms with Gasteiger partial charge in [-0.05, 0) is 51.3 Å². The molecule has 1 aliphatic carbocycles. The smallest absolute Gasteiger partial charge is 0.0891 e. The molecule has 1 aromatic heterocycles. The third-order valence-corrected chi connectivity index (χ3v) is 5.86. The highest BCUT2D eigenvalue weighted by Gasteiger charge is 2.28. The molecule has 0 bridgehead atoms. The number of piperidine rings is 1. The zero-order valence-corrected chi connectivity index (χ0v) is 14.6. The molecule has 4 rings (SSSR count). The van der Waals surface area contributed by atoms with Crippen LogP contribution in [0.4, 0.5) is 0 Å². The summed E-state index contributed by atoms with van der Waals surface area (Å²) in [6.45, 7) is 4.60. The van der Waals surface area contributed by atoms with Crippen molar-refractivity contribution in [1.82, 2.24) is 14.9 Å². The average Bonchev–Trinajstić information content (AvgIpc) is 3.17. The van der Waals surface area contributed by atoms with Crippen molar-refractivity contribution in [2.75, 3.05) is 13.1 Å². The molecule has 3 heteroatoms. The minimum absolute atomic E-state index is 0.569. The van der Waals surface area contributed by atoms with E-state index >= 15 is 0 Å². The first-order valence-electron chi connectivity index (χ1n) is 9.43. The van der Waals surface area contributed by atoms with Crippen molar-refractivity contribution in [3.05, 3.63) is 47.9 Å². The standard InChI is InChI=1S/C21H27N3/c1-16-6-2-5-9-19(16)21-15-22-14-20(23-21)17-10-12-24(13-11-17)18-7-3-4-8-18/h2,5-6,9,14-15,17-18H,3-4,7-8,10-13H2,1H3. The van der Waals surface area contributed by atoms with Crippen molar-refractivity contribution in [2.45, 2.75) is 57.4 Å². The van der Waals surface area contributed by atoms with Crippen LogP contribution in [0.2, 0.25) is 0 Å². The molecule has 0 radical (unpaired) electrons. The summed E-state index contributed by atoms with van der Waals surface area (Å²) in [6, 6.07) is 9.30. The van der Waals surface area contributed by atoms with Crippen LogP contribution in [0, 0.1) is 6.92 Å². The number of aryl methyl sites for hydroxylation is 1. The summed E-state index contributed by atoms with van der Waals surface area (Å²) in [5.74, 6) is 0.569. The molecule has 1 aromatic carbocycles. The van der Waals surface area contributed by atoms with Crippen LogP contribution in [0.1, 0.15) is 55.7 Å². The first kappa shape index (κ1) is 15.8. The summed E-state index contributed by atoms with van der Waals surface area (Å²) in [7, 11) is 0. The topological polar surface area (TPSA) is 29.0 Å². The maximum Gasteiger partial charge on any atom is 0.0891 e. The van der Waals surface area contributed by atoms with Crippen molar-refractivity contribution < 1.29 is 0 Å². The molecule has 0 unspecified atom stereocenters. The van der Waals surface area contributed by atoms with Gasteiger partial charge in [-0.1, -0.05) is 37.1 Å². The van der Waals surface area contributed by atoms with Crippen LogP contribution in [0.15, 0.2) is 36.7 Å². The minimum Gasteiger partial charge on any atom is -0.300 e. The molecular weight excluding hydrogens is 294 g/mol. The van der Waals surface area contributed by atoms with Crippen LogP contribution < -0.4 is 0 Å². The molecule has 2 fully saturated rings. The van der Waals surface area contributed by atoms with E-state index in [1.807, 2.05) is 12.4 Å². The van der Waals surface area contributed by atoms with E-state index in [1.165, 1.54) is 68.4 Å². The number of nitrogens with zero attached hydrogens (tertiary/aromatic N) is 3. The van der Waals surface area contributed by atoms with Crippen LogP contribution in [0.5, 0.6) is 0 Å². The van der Waals surface area contributed by atoms with Crippen molar-refractivity contribution in [3.63, 3.8) is 0 Å². The SMILES string of the molecule is Cc1ccccc1-c1cncc(C2CCN(C3CCCC3)CC2)n1. The second-order valence-electron chi connectivity index (χ2n) is 7.39. The molecule has 24 heavy (non-hydrogen) atoms. The first-order valence-corrected chi connectivity index (χ1v) is 9.43. The van der Waals surface area contributed by atoms with Gasteiger partial charge in [-0.15, -0.1) is 0 Å². The quantitative estimate of drug-likeness (QED) is 0.829. The van der Waals surface area contributed by atoms with E-state index in [0.29, 0.717) is 5.92 Å². The van der Waals surface area contributed by atoms with Gasteiger partial charge in [0, 0.05) is 23.7 Å². The molecule has 126 valence electrons. The van der Waals surface area contributed by atoms with Gasteiger partial charge in [-0.25, -0.2) is 4.98 Å². The van der Waals surface area contributed by atoms with Gasteiger partial charge in [-0.2, -0.15) is 0 Å². The van der Waals surface area contributed by atoms with E-state index in [9.17, 15) is 0 Å². The van der Waals surface area contributed by atoms with Gasteiger partial charge in [0.15, 0.2) is 0 Å². The minimum atomic E-state index is 0.569. The van der Waals surface area contributed by atoms with Crippen molar-refractivity contribution >= 4 is 0 Å². The monoisotopic (exact) mass is 321 g/mol. The second kappa shape index (κ2) is 7.02. The van der Waals surface area contributed by atoms with Crippen LogP contribution in [0.3, 0.4) is 0 Å². The molecule has 0 atom stereocenters. The van der Waals surface area contributed by atoms with Crippen molar-refractivity contribution in [1.29, 1.82) is 0 Å². The number of likely N-dealkylation sites (tertiary alicyclic amines) is 1. The highest BCUT2D eigenvalue weighted by atomic mass is 15.2. The predicted octanol–water partition coefficient (Wildman–Crippen LogP) is 4.57. The highest BCUT2D eigenvalue weighted by molar-refractivity contribution is 5.62. The molecule has 1 aliphatic heterocycles. The Bertz CT molecular complexity index is 683. The maximum absolute atomic E-state index is 4.97. The molecule has 0 N–H and O–H groups in total. The van der Waals surface area contributed by atoms with Gasteiger partial charge in [-0.3, -0.25) is 4.98 Å². The molecule has 2 heterocycles. The molecule has 2 aromatic rings. The van der Waals surface area contributed by atoms with Crippen LogP contribution in [0.25, 0.3) is 11.3 Å². The number of aromatic nitrogens is 2. The zero-order chi connectivity index (χ0) is 16.4. The lowest BCUT2D eigenvalue weighted by atomic mass is 9.92. The number of hydrogen-bond acceptors (Lipinski definition) is 3. The molecule has 3 nitrogen and oxygen atoms in total. The molecule has 1 saturated heterocycles. The van der Waals surface area contributed by atoms with Crippen molar-refractivity contribution in [3.8, 4) is 11.3 Å². The largest absolute Gasteiger partial charge is 0.300 e. The fraction of sp³-hybridized carbons (Fsp3) is 0.524. The van der Waals surface area contributed by atoms with Gasteiger partial charge in [0.05, 0.1) is 17.6 Å². The van der Waals surface area contributed by atoms with E-state index in [-0.39, 0.29) is 0 Å². The number of benzene rings is 1. The zero-order valence-electron chi connectivity index (χ0n) is 14.6. The van der Waals surface area contributed by atoms with Gasteiger partial charge < -0.3 is 4.90 Å². The fourth-order valence-corrected chi connectivity index (χ4v) is 4.40. The lowest BCUT2D eigenvalue weighted by Gasteiger charge is -2.35. The molecule has 0 spiro atoms. The van der Waals surface area contributed by atoms with E-state index in [0.717, 1.165) is 11.7 Å². The molecule has 1 saturated carbocycles. The Labute approximate surface area is 145 Å². The Hall–Kier alpha value is -1.74. The second-order valence-corrected chi connectivity index (χ2v) is 7.39. The summed E-state index contributed by atoms with van der Waals surface area (Å²) >= 11 is 0. The van der Waals surface area contributed by atoms with Gasteiger partial charge in [0.1, 0.15) is 0 Å². The average molecular weight is 321 g/mol. The fourth-order valence-electron chi connectivity index (χ4n) is 4.40. The molecule has 0 amide bonds. The first-order chi connectivity index (χ1) is 11.8. The van der Waals surface area contributed by atoms with Crippen molar-refractivity contribution in [2.24, 2.45) is 0 Å². The van der Waals surface area contributed by atoms with E-state index < -0.39 is 0 Å². The van der Waals surface area contributed by atoms with Gasteiger partial charge >= 0.3 is 0 Å². The lowest BCUT2D eigenvalue weighted by Crippen LogP contribution is -2.39. The molecular formula is C21H27N3. The number of hydrogen-bond donors (Lipinski definition) is 0. The Morgan fingerprint density at radius 3 is 2.46 bits per heavy atom. The third kappa shape index (κ3) is 3.23. The normalized spacial score (nSPS) is 20.5. The maximum atomic E-state index is 4.97. The lowest BCUT2D eigenvalue weighted by molar-refractivity contribution is 0.153. The Balaban J connectivity index is 1.47. The van der Waals surface area contributed by atoms with E-state index in [2.05, 4.69) is 41.1 Å². The van der Waals surface area contributed by atoms with E-state index in [4.69, 9.17) is 4.98 Å². The van der Waals surface area contributed by atoms with Gasteiger partial charge in [0.25, 0.3) is 0 Å².